The Balaban J connectivity index is 2.41. The molecule has 5 heteroatoms. The quantitative estimate of drug-likeness (QED) is 0.817. The van der Waals surface area contributed by atoms with E-state index in [1.807, 2.05) is 24.4 Å². The smallest absolute Gasteiger partial charge is 0.151 e. The van der Waals surface area contributed by atoms with Crippen LogP contribution in [0, 0.1) is 0 Å². The Kier molecular flexibility index (Phi) is 4.76. The Hall–Kier alpha value is -1.59. The van der Waals surface area contributed by atoms with Gasteiger partial charge in [0.2, 0.25) is 0 Å². The Morgan fingerprint density at radius 2 is 2.26 bits per heavy atom. The van der Waals surface area contributed by atoms with Crippen LogP contribution < -0.4 is 10.6 Å². The summed E-state index contributed by atoms with van der Waals surface area (Å²) < 4.78 is 7.29. The third kappa shape index (κ3) is 2.88. The zero-order valence-corrected chi connectivity index (χ0v) is 11.7. The van der Waals surface area contributed by atoms with Crippen molar-refractivity contribution < 1.29 is 4.74 Å². The summed E-state index contributed by atoms with van der Waals surface area (Å²) in [6.07, 6.45) is 2.87. The van der Waals surface area contributed by atoms with E-state index in [0.29, 0.717) is 13.2 Å². The Morgan fingerprint density at radius 1 is 1.42 bits per heavy atom. The van der Waals surface area contributed by atoms with Crippen LogP contribution in [-0.2, 0) is 11.2 Å². The first-order chi connectivity index (χ1) is 9.31. The van der Waals surface area contributed by atoms with Crippen molar-refractivity contribution in [2.75, 3.05) is 38.3 Å². The van der Waals surface area contributed by atoms with Crippen molar-refractivity contribution in [2.24, 2.45) is 5.73 Å². The zero-order chi connectivity index (χ0) is 13.7. The largest absolute Gasteiger partial charge is 0.383 e. The number of ether oxygens (including phenoxy) is 1. The molecule has 0 spiro atoms. The topological polar surface area (TPSA) is 55.8 Å². The number of fused-ring (bicyclic) bond motifs is 1. The van der Waals surface area contributed by atoms with E-state index in [2.05, 4.69) is 16.2 Å². The molecular weight excluding hydrogens is 240 g/mol. The summed E-state index contributed by atoms with van der Waals surface area (Å²) in [5.41, 5.74) is 7.88. The lowest BCUT2D eigenvalue weighted by Crippen LogP contribution is -2.28. The highest BCUT2D eigenvalue weighted by atomic mass is 16.5. The fourth-order valence-corrected chi connectivity index (χ4v) is 2.27. The molecule has 5 nitrogen and oxygen atoms in total. The average Bonchev–Trinajstić information content (AvgIpc) is 2.79. The summed E-state index contributed by atoms with van der Waals surface area (Å²) in [5, 5.41) is 0. The van der Waals surface area contributed by atoms with E-state index in [0.717, 1.165) is 31.0 Å². The lowest BCUT2D eigenvalue weighted by molar-refractivity contribution is 0.205. The van der Waals surface area contributed by atoms with Gasteiger partial charge in [0.1, 0.15) is 5.65 Å². The molecule has 0 bridgehead atoms. The van der Waals surface area contributed by atoms with Crippen molar-refractivity contribution in [3.8, 4) is 0 Å². The molecule has 19 heavy (non-hydrogen) atoms. The van der Waals surface area contributed by atoms with Gasteiger partial charge in [-0.05, 0) is 25.6 Å². The molecule has 0 unspecified atom stereocenters. The van der Waals surface area contributed by atoms with Crippen LogP contribution in [0.5, 0.6) is 0 Å². The van der Waals surface area contributed by atoms with Crippen LogP contribution in [0.3, 0.4) is 0 Å². The first-order valence-electron chi connectivity index (χ1n) is 6.71. The van der Waals surface area contributed by atoms with E-state index in [1.54, 1.807) is 7.11 Å². The molecule has 0 fully saturated rings. The number of hydrogen-bond acceptors (Lipinski definition) is 4. The van der Waals surface area contributed by atoms with Crippen molar-refractivity contribution in [3.63, 3.8) is 0 Å². The van der Waals surface area contributed by atoms with Crippen LogP contribution in [0.25, 0.3) is 5.65 Å². The van der Waals surface area contributed by atoms with Gasteiger partial charge in [-0.15, -0.1) is 0 Å². The number of pyridine rings is 1. The van der Waals surface area contributed by atoms with Crippen molar-refractivity contribution in [1.82, 2.24) is 9.38 Å². The van der Waals surface area contributed by atoms with E-state index in [4.69, 9.17) is 15.5 Å². The summed E-state index contributed by atoms with van der Waals surface area (Å²) in [6, 6.07) is 6.04. The first-order valence-corrected chi connectivity index (χ1v) is 6.71. The van der Waals surface area contributed by atoms with Gasteiger partial charge in [0.05, 0.1) is 12.3 Å². The second-order valence-electron chi connectivity index (χ2n) is 4.42. The molecule has 0 aliphatic heterocycles. The van der Waals surface area contributed by atoms with Crippen LogP contribution >= 0.6 is 0 Å². The molecule has 0 aliphatic rings. The summed E-state index contributed by atoms with van der Waals surface area (Å²) in [4.78, 5) is 6.97. The molecule has 0 radical (unpaired) electrons. The highest BCUT2D eigenvalue weighted by molar-refractivity contribution is 5.56. The Morgan fingerprint density at radius 3 is 2.95 bits per heavy atom. The van der Waals surface area contributed by atoms with Gasteiger partial charge in [0.25, 0.3) is 0 Å². The number of hydrogen-bond donors (Lipinski definition) is 1. The normalized spacial score (nSPS) is 11.1. The SMILES string of the molecule is CCN(CCOC)c1nc2ccccn2c1CCN. The van der Waals surface area contributed by atoms with Crippen LogP contribution in [0.4, 0.5) is 5.82 Å². The molecule has 0 saturated carbocycles. The predicted molar refractivity (Wildman–Crippen MR) is 77.7 cm³/mol. The van der Waals surface area contributed by atoms with Gasteiger partial charge < -0.3 is 19.8 Å². The predicted octanol–water partition coefficient (Wildman–Crippen LogP) is 1.31. The number of aromatic nitrogens is 2. The molecule has 0 amide bonds. The van der Waals surface area contributed by atoms with Crippen LogP contribution in [0.1, 0.15) is 12.6 Å². The first kappa shape index (κ1) is 13.8. The summed E-state index contributed by atoms with van der Waals surface area (Å²) in [7, 11) is 1.72. The highest BCUT2D eigenvalue weighted by Crippen LogP contribution is 2.21. The standard InChI is InChI=1S/C14H22N4O/c1-3-17(10-11-19-2)14-12(7-8-15)18-9-5-4-6-13(18)16-14/h4-6,9H,3,7-8,10-11,15H2,1-2H3. The number of methoxy groups -OCH3 is 1. The van der Waals surface area contributed by atoms with Crippen LogP contribution in [0.2, 0.25) is 0 Å². The molecule has 2 rings (SSSR count). The second-order valence-corrected chi connectivity index (χ2v) is 4.42. The van der Waals surface area contributed by atoms with Crippen molar-refractivity contribution in [3.05, 3.63) is 30.1 Å². The average molecular weight is 262 g/mol. The molecule has 2 aromatic rings. The monoisotopic (exact) mass is 262 g/mol. The summed E-state index contributed by atoms with van der Waals surface area (Å²) >= 11 is 0. The molecule has 2 N–H and O–H groups in total. The number of imidazole rings is 1. The minimum atomic E-state index is 0.623. The third-order valence-electron chi connectivity index (χ3n) is 3.24. The molecule has 104 valence electrons. The van der Waals surface area contributed by atoms with Gasteiger partial charge in [0.15, 0.2) is 5.82 Å². The molecule has 0 aromatic carbocycles. The number of likely N-dealkylation sites (N-methyl/N-ethyl adjacent to an activating group) is 1. The molecule has 2 heterocycles. The maximum Gasteiger partial charge on any atom is 0.151 e. The van der Waals surface area contributed by atoms with E-state index >= 15 is 0 Å². The summed E-state index contributed by atoms with van der Waals surface area (Å²) in [6.45, 7) is 5.20. The van der Waals surface area contributed by atoms with Gasteiger partial charge in [-0.1, -0.05) is 6.07 Å². The van der Waals surface area contributed by atoms with E-state index in [1.165, 1.54) is 5.69 Å². The molecular formula is C14H22N4O. The number of rotatable bonds is 7. The van der Waals surface area contributed by atoms with Gasteiger partial charge in [-0.3, -0.25) is 0 Å². The fraction of sp³-hybridized carbons (Fsp3) is 0.500. The zero-order valence-electron chi connectivity index (χ0n) is 11.7. The van der Waals surface area contributed by atoms with Crippen molar-refractivity contribution in [2.45, 2.75) is 13.3 Å². The Labute approximate surface area is 114 Å². The van der Waals surface area contributed by atoms with E-state index in [9.17, 15) is 0 Å². The number of nitrogens with two attached hydrogens (primary N) is 1. The van der Waals surface area contributed by atoms with Gasteiger partial charge in [-0.25, -0.2) is 4.98 Å². The van der Waals surface area contributed by atoms with Gasteiger partial charge in [-0.2, -0.15) is 0 Å². The number of anilines is 1. The maximum absolute atomic E-state index is 5.74. The fourth-order valence-electron chi connectivity index (χ4n) is 2.27. The van der Waals surface area contributed by atoms with Gasteiger partial charge in [0, 0.05) is 32.8 Å². The van der Waals surface area contributed by atoms with E-state index in [-0.39, 0.29) is 0 Å². The van der Waals surface area contributed by atoms with E-state index < -0.39 is 0 Å². The molecule has 0 atom stereocenters. The molecule has 0 saturated heterocycles. The lowest BCUT2D eigenvalue weighted by Gasteiger charge is -2.21. The summed E-state index contributed by atoms with van der Waals surface area (Å²) in [5.74, 6) is 1.02. The van der Waals surface area contributed by atoms with Crippen molar-refractivity contribution >= 4 is 11.5 Å². The van der Waals surface area contributed by atoms with Crippen LogP contribution in [-0.4, -0.2) is 42.7 Å². The maximum atomic E-state index is 5.74. The molecule has 2 aromatic heterocycles. The number of nitrogens with zero attached hydrogens (tertiary/aromatic N) is 3. The lowest BCUT2D eigenvalue weighted by atomic mass is 10.3. The second kappa shape index (κ2) is 6.54. The van der Waals surface area contributed by atoms with Crippen molar-refractivity contribution in [1.29, 1.82) is 0 Å². The molecule has 0 aliphatic carbocycles. The van der Waals surface area contributed by atoms with Crippen LogP contribution in [0.15, 0.2) is 24.4 Å². The highest BCUT2D eigenvalue weighted by Gasteiger charge is 2.16. The minimum Gasteiger partial charge on any atom is -0.383 e. The third-order valence-corrected chi connectivity index (χ3v) is 3.24. The van der Waals surface area contributed by atoms with Gasteiger partial charge >= 0.3 is 0 Å². The minimum absolute atomic E-state index is 0.623. The Bertz CT molecular complexity index is 523.